The number of para-hydroxylation sites is 1. The first-order valence-electron chi connectivity index (χ1n) is 5.33. The molecule has 4 heteroatoms. The van der Waals surface area contributed by atoms with Gasteiger partial charge in [0.1, 0.15) is 0 Å². The largest absolute Gasteiger partial charge is 0.382 e. The van der Waals surface area contributed by atoms with Gasteiger partial charge in [-0.15, -0.1) is 0 Å². The third-order valence-electron chi connectivity index (χ3n) is 2.13. The van der Waals surface area contributed by atoms with Gasteiger partial charge in [0.05, 0.1) is 5.56 Å². The Kier molecular flexibility index (Phi) is 2.90. The minimum absolute atomic E-state index is 0.366. The van der Waals surface area contributed by atoms with E-state index in [1.165, 1.54) is 0 Å². The maximum atomic E-state index is 5.17. The lowest BCUT2D eigenvalue weighted by molar-refractivity contribution is 0.426. The van der Waals surface area contributed by atoms with Crippen LogP contribution in [-0.2, 0) is 0 Å². The topological polar surface area (TPSA) is 51.0 Å². The molecule has 0 saturated carbocycles. The first-order valence-corrected chi connectivity index (χ1v) is 5.33. The summed E-state index contributed by atoms with van der Waals surface area (Å²) in [7, 11) is 0. The maximum absolute atomic E-state index is 5.17. The van der Waals surface area contributed by atoms with Gasteiger partial charge >= 0.3 is 0 Å². The Labute approximate surface area is 94.7 Å². The molecular formula is C12H15N3O. The molecule has 1 heterocycles. The highest BCUT2D eigenvalue weighted by molar-refractivity contribution is 5.72. The Hall–Kier alpha value is -1.84. The van der Waals surface area contributed by atoms with Crippen LogP contribution in [0, 0.1) is 6.92 Å². The zero-order chi connectivity index (χ0) is 11.5. The molecule has 1 aromatic carbocycles. The first kappa shape index (κ1) is 10.7. The van der Waals surface area contributed by atoms with Gasteiger partial charge in [-0.3, -0.25) is 0 Å². The van der Waals surface area contributed by atoms with Crippen molar-refractivity contribution in [1.29, 1.82) is 0 Å². The van der Waals surface area contributed by atoms with E-state index >= 15 is 0 Å². The van der Waals surface area contributed by atoms with E-state index in [9.17, 15) is 0 Å². The summed E-state index contributed by atoms with van der Waals surface area (Å²) in [5.74, 6) is 1.20. The van der Waals surface area contributed by atoms with Gasteiger partial charge in [0.15, 0.2) is 5.82 Å². The zero-order valence-corrected chi connectivity index (χ0v) is 9.69. The van der Waals surface area contributed by atoms with Crippen LogP contribution in [0.5, 0.6) is 0 Å². The lowest BCUT2D eigenvalue weighted by Crippen LogP contribution is -2.10. The van der Waals surface area contributed by atoms with Crippen molar-refractivity contribution in [3.05, 3.63) is 30.1 Å². The maximum Gasteiger partial charge on any atom is 0.260 e. The summed E-state index contributed by atoms with van der Waals surface area (Å²) < 4.78 is 5.17. The van der Waals surface area contributed by atoms with Crippen LogP contribution < -0.4 is 5.32 Å². The molecule has 0 spiro atoms. The van der Waals surface area contributed by atoms with Crippen LogP contribution in [0.25, 0.3) is 11.5 Å². The molecular weight excluding hydrogens is 202 g/mol. The van der Waals surface area contributed by atoms with Crippen molar-refractivity contribution in [1.82, 2.24) is 10.1 Å². The Morgan fingerprint density at radius 1 is 1.25 bits per heavy atom. The van der Waals surface area contributed by atoms with Crippen molar-refractivity contribution < 1.29 is 4.52 Å². The van der Waals surface area contributed by atoms with Crippen molar-refractivity contribution in [3.8, 4) is 11.5 Å². The number of aromatic nitrogens is 2. The van der Waals surface area contributed by atoms with Gasteiger partial charge in [0.2, 0.25) is 0 Å². The molecule has 0 saturated heterocycles. The molecule has 16 heavy (non-hydrogen) atoms. The monoisotopic (exact) mass is 217 g/mol. The highest BCUT2D eigenvalue weighted by Gasteiger charge is 2.11. The van der Waals surface area contributed by atoms with Crippen LogP contribution in [0.1, 0.15) is 19.7 Å². The third kappa shape index (κ3) is 2.21. The zero-order valence-electron chi connectivity index (χ0n) is 9.69. The molecule has 4 nitrogen and oxygen atoms in total. The van der Waals surface area contributed by atoms with Gasteiger partial charge in [0, 0.05) is 11.7 Å². The van der Waals surface area contributed by atoms with Crippen LogP contribution in [0.4, 0.5) is 5.69 Å². The number of hydrogen-bond donors (Lipinski definition) is 1. The first-order chi connectivity index (χ1) is 7.66. The lowest BCUT2D eigenvalue weighted by atomic mass is 10.1. The summed E-state index contributed by atoms with van der Waals surface area (Å²) in [5, 5.41) is 7.15. The molecule has 0 radical (unpaired) electrons. The second-order valence-corrected chi connectivity index (χ2v) is 3.99. The standard InChI is InChI=1S/C12H15N3O/c1-8(2)13-11-7-5-4-6-10(11)12-14-9(3)15-16-12/h4-8,13H,1-3H3. The van der Waals surface area contributed by atoms with Crippen LogP contribution in [0.15, 0.2) is 28.8 Å². The van der Waals surface area contributed by atoms with Crippen LogP contribution in [0.3, 0.4) is 0 Å². The summed E-state index contributed by atoms with van der Waals surface area (Å²) in [6.07, 6.45) is 0. The molecule has 2 aromatic rings. The van der Waals surface area contributed by atoms with Gasteiger partial charge < -0.3 is 9.84 Å². The van der Waals surface area contributed by atoms with Crippen LogP contribution in [0.2, 0.25) is 0 Å². The summed E-state index contributed by atoms with van der Waals surface area (Å²) in [4.78, 5) is 4.23. The van der Waals surface area contributed by atoms with E-state index in [0.29, 0.717) is 17.8 Å². The number of nitrogens with one attached hydrogen (secondary N) is 1. The number of benzene rings is 1. The van der Waals surface area contributed by atoms with Crippen molar-refractivity contribution in [3.63, 3.8) is 0 Å². The van der Waals surface area contributed by atoms with Crippen molar-refractivity contribution in [2.75, 3.05) is 5.32 Å². The Bertz CT molecular complexity index is 477. The quantitative estimate of drug-likeness (QED) is 0.858. The molecule has 0 amide bonds. The average molecular weight is 217 g/mol. The molecule has 0 bridgehead atoms. The van der Waals surface area contributed by atoms with Gasteiger partial charge in [-0.2, -0.15) is 4.98 Å². The second kappa shape index (κ2) is 4.35. The average Bonchev–Trinajstić information content (AvgIpc) is 2.65. The molecule has 0 unspecified atom stereocenters. The van der Waals surface area contributed by atoms with E-state index in [-0.39, 0.29) is 0 Å². The van der Waals surface area contributed by atoms with Crippen LogP contribution >= 0.6 is 0 Å². The fraction of sp³-hybridized carbons (Fsp3) is 0.333. The molecule has 1 N–H and O–H groups in total. The Morgan fingerprint density at radius 2 is 2.00 bits per heavy atom. The minimum atomic E-state index is 0.366. The van der Waals surface area contributed by atoms with E-state index in [4.69, 9.17) is 4.52 Å². The number of aryl methyl sites for hydroxylation is 1. The molecule has 0 atom stereocenters. The van der Waals surface area contributed by atoms with Gasteiger partial charge in [-0.05, 0) is 32.9 Å². The predicted octanol–water partition coefficient (Wildman–Crippen LogP) is 2.87. The van der Waals surface area contributed by atoms with Gasteiger partial charge in [-0.25, -0.2) is 0 Å². The number of nitrogens with zero attached hydrogens (tertiary/aromatic N) is 2. The van der Waals surface area contributed by atoms with E-state index in [0.717, 1.165) is 11.3 Å². The predicted molar refractivity (Wildman–Crippen MR) is 63.2 cm³/mol. The van der Waals surface area contributed by atoms with Crippen LogP contribution in [-0.4, -0.2) is 16.2 Å². The van der Waals surface area contributed by atoms with Gasteiger partial charge in [0.25, 0.3) is 5.89 Å². The Morgan fingerprint density at radius 3 is 2.62 bits per heavy atom. The number of anilines is 1. The second-order valence-electron chi connectivity index (χ2n) is 3.99. The lowest BCUT2D eigenvalue weighted by Gasteiger charge is -2.12. The van der Waals surface area contributed by atoms with Crippen molar-refractivity contribution in [2.45, 2.75) is 26.8 Å². The third-order valence-corrected chi connectivity index (χ3v) is 2.13. The molecule has 0 fully saturated rings. The van der Waals surface area contributed by atoms with E-state index < -0.39 is 0 Å². The minimum Gasteiger partial charge on any atom is -0.382 e. The smallest absolute Gasteiger partial charge is 0.260 e. The molecule has 84 valence electrons. The van der Waals surface area contributed by atoms with E-state index in [2.05, 4.69) is 29.3 Å². The highest BCUT2D eigenvalue weighted by atomic mass is 16.5. The van der Waals surface area contributed by atoms with Crippen molar-refractivity contribution >= 4 is 5.69 Å². The molecule has 0 aliphatic heterocycles. The van der Waals surface area contributed by atoms with E-state index in [1.54, 1.807) is 0 Å². The summed E-state index contributed by atoms with van der Waals surface area (Å²) in [5.41, 5.74) is 1.96. The SMILES string of the molecule is Cc1noc(-c2ccccc2NC(C)C)n1. The van der Waals surface area contributed by atoms with Gasteiger partial charge in [-0.1, -0.05) is 17.3 Å². The molecule has 2 rings (SSSR count). The fourth-order valence-corrected chi connectivity index (χ4v) is 1.51. The molecule has 0 aliphatic rings. The summed E-state index contributed by atoms with van der Waals surface area (Å²) in [6.45, 7) is 6.00. The molecule has 1 aromatic heterocycles. The fourth-order valence-electron chi connectivity index (χ4n) is 1.51. The van der Waals surface area contributed by atoms with E-state index in [1.807, 2.05) is 31.2 Å². The summed E-state index contributed by atoms with van der Waals surface area (Å²) in [6, 6.07) is 8.29. The summed E-state index contributed by atoms with van der Waals surface area (Å²) >= 11 is 0. The Balaban J connectivity index is 2.40. The molecule has 0 aliphatic carbocycles. The number of hydrogen-bond acceptors (Lipinski definition) is 4. The van der Waals surface area contributed by atoms with Crippen molar-refractivity contribution in [2.24, 2.45) is 0 Å². The highest BCUT2D eigenvalue weighted by Crippen LogP contribution is 2.26. The normalized spacial score (nSPS) is 10.8. The number of rotatable bonds is 3.